The maximum Gasteiger partial charge on any atom is 0.261 e. The Hall–Kier alpha value is -3.08. The first-order valence-corrected chi connectivity index (χ1v) is 14.2. The molecule has 0 aliphatic rings. The van der Waals surface area contributed by atoms with Crippen LogP contribution in [-0.2, 0) is 24.8 Å². The van der Waals surface area contributed by atoms with Crippen molar-refractivity contribution in [3.05, 3.63) is 82.9 Å². The van der Waals surface area contributed by atoms with Crippen LogP contribution in [0.5, 0.6) is 0 Å². The number of aryl methyl sites for hydroxylation is 2. The van der Waals surface area contributed by atoms with Crippen molar-refractivity contribution in [3.63, 3.8) is 0 Å². The third-order valence-electron chi connectivity index (χ3n) is 5.25. The van der Waals surface area contributed by atoms with E-state index in [0.717, 1.165) is 16.1 Å². The Morgan fingerprint density at radius 2 is 1.51 bits per heavy atom. The van der Waals surface area contributed by atoms with Crippen LogP contribution < -0.4 is 14.3 Å². The van der Waals surface area contributed by atoms with Crippen molar-refractivity contribution in [2.45, 2.75) is 31.7 Å². The van der Waals surface area contributed by atoms with Gasteiger partial charge in [0, 0.05) is 10.7 Å². The Labute approximate surface area is 211 Å². The van der Waals surface area contributed by atoms with Crippen LogP contribution in [0, 0.1) is 13.8 Å². The SMILES string of the molecule is Cc1ccc(N([C@H](C)C(=O)Nc2ccc(S(=O)(=O)Nc3cc(Cl)ccc3C)cc2)S(C)(=O)=O)cc1. The Bertz CT molecular complexity index is 1440. The number of rotatable bonds is 8. The number of halogens is 1. The summed E-state index contributed by atoms with van der Waals surface area (Å²) in [5.74, 6) is -0.570. The zero-order valence-corrected chi connectivity index (χ0v) is 22.0. The average Bonchev–Trinajstić information content (AvgIpc) is 2.77. The van der Waals surface area contributed by atoms with E-state index in [4.69, 9.17) is 11.6 Å². The van der Waals surface area contributed by atoms with Crippen molar-refractivity contribution in [2.75, 3.05) is 20.6 Å². The van der Waals surface area contributed by atoms with Gasteiger partial charge in [0.25, 0.3) is 10.0 Å². The summed E-state index contributed by atoms with van der Waals surface area (Å²) in [6.45, 7) is 5.11. The Morgan fingerprint density at radius 1 is 0.914 bits per heavy atom. The molecule has 0 unspecified atom stereocenters. The monoisotopic (exact) mass is 535 g/mol. The van der Waals surface area contributed by atoms with Gasteiger partial charge in [-0.1, -0.05) is 35.4 Å². The first kappa shape index (κ1) is 26.5. The molecule has 3 aromatic carbocycles. The van der Waals surface area contributed by atoms with Gasteiger partial charge in [-0.05, 0) is 74.9 Å². The van der Waals surface area contributed by atoms with E-state index >= 15 is 0 Å². The van der Waals surface area contributed by atoms with Gasteiger partial charge in [-0.3, -0.25) is 13.8 Å². The number of hydrogen-bond acceptors (Lipinski definition) is 5. The van der Waals surface area contributed by atoms with Crippen LogP contribution in [0.4, 0.5) is 17.1 Å². The van der Waals surface area contributed by atoms with Crippen LogP contribution in [0.15, 0.2) is 71.6 Å². The number of anilines is 3. The minimum absolute atomic E-state index is 0.0136. The molecule has 8 nitrogen and oxygen atoms in total. The maximum absolute atomic E-state index is 12.9. The van der Waals surface area contributed by atoms with Crippen LogP contribution in [-0.4, -0.2) is 35.0 Å². The highest BCUT2D eigenvalue weighted by atomic mass is 35.5. The van der Waals surface area contributed by atoms with E-state index in [1.165, 1.54) is 37.3 Å². The van der Waals surface area contributed by atoms with Gasteiger partial charge in [-0.15, -0.1) is 0 Å². The molecule has 11 heteroatoms. The summed E-state index contributed by atoms with van der Waals surface area (Å²) in [7, 11) is -7.65. The molecular formula is C24H26ClN3O5S2. The van der Waals surface area contributed by atoms with E-state index in [2.05, 4.69) is 10.0 Å². The number of nitrogens with one attached hydrogen (secondary N) is 2. The van der Waals surface area contributed by atoms with Gasteiger partial charge in [-0.25, -0.2) is 16.8 Å². The molecule has 3 rings (SSSR count). The summed E-state index contributed by atoms with van der Waals surface area (Å²) in [6.07, 6.45) is 1.03. The fourth-order valence-corrected chi connectivity index (χ4v) is 5.84. The van der Waals surface area contributed by atoms with Crippen molar-refractivity contribution in [2.24, 2.45) is 0 Å². The molecule has 0 aromatic heterocycles. The predicted molar refractivity (Wildman–Crippen MR) is 140 cm³/mol. The molecule has 35 heavy (non-hydrogen) atoms. The highest BCUT2D eigenvalue weighted by molar-refractivity contribution is 7.92. The highest BCUT2D eigenvalue weighted by Crippen LogP contribution is 2.25. The van der Waals surface area contributed by atoms with E-state index in [-0.39, 0.29) is 4.90 Å². The largest absolute Gasteiger partial charge is 0.324 e. The van der Waals surface area contributed by atoms with Crippen LogP contribution in [0.3, 0.4) is 0 Å². The Morgan fingerprint density at radius 3 is 2.09 bits per heavy atom. The maximum atomic E-state index is 12.9. The van der Waals surface area contributed by atoms with Gasteiger partial charge in [0.2, 0.25) is 15.9 Å². The molecule has 0 saturated carbocycles. The predicted octanol–water partition coefficient (Wildman–Crippen LogP) is 4.55. The standard InChI is InChI=1S/C24H26ClN3O5S2/c1-16-5-11-21(12-6-16)28(34(4,30)31)18(3)24(29)26-20-9-13-22(14-10-20)35(32,33)27-23-15-19(25)8-7-17(23)2/h5-15,18,27H,1-4H3,(H,26,29)/t18-/m1/s1. The molecule has 0 bridgehead atoms. The molecule has 1 atom stereocenters. The van der Waals surface area contributed by atoms with E-state index in [1.54, 1.807) is 43.3 Å². The molecule has 0 spiro atoms. The van der Waals surface area contributed by atoms with Crippen LogP contribution in [0.25, 0.3) is 0 Å². The quantitative estimate of drug-likeness (QED) is 0.439. The number of amides is 1. The Kier molecular flexibility index (Phi) is 7.78. The smallest absolute Gasteiger partial charge is 0.261 e. The zero-order valence-electron chi connectivity index (χ0n) is 19.6. The minimum atomic E-state index is -3.90. The molecule has 1 amide bonds. The van der Waals surface area contributed by atoms with Crippen LogP contribution in [0.1, 0.15) is 18.1 Å². The second-order valence-corrected chi connectivity index (χ2v) is 12.1. The number of carbonyl (C=O) groups is 1. The average molecular weight is 536 g/mol. The fraction of sp³-hybridized carbons (Fsp3) is 0.208. The molecule has 0 fully saturated rings. The van der Waals surface area contributed by atoms with Gasteiger partial charge >= 0.3 is 0 Å². The third kappa shape index (κ3) is 6.53. The van der Waals surface area contributed by atoms with Gasteiger partial charge in [0.15, 0.2) is 0 Å². The zero-order chi connectivity index (χ0) is 26.0. The van der Waals surface area contributed by atoms with Crippen molar-refractivity contribution < 1.29 is 21.6 Å². The lowest BCUT2D eigenvalue weighted by Gasteiger charge is -2.28. The highest BCUT2D eigenvalue weighted by Gasteiger charge is 2.29. The number of sulfonamides is 2. The second kappa shape index (κ2) is 10.3. The molecule has 0 saturated heterocycles. The summed E-state index contributed by atoms with van der Waals surface area (Å²) in [5.41, 5.74) is 2.71. The molecule has 0 heterocycles. The molecule has 0 aliphatic carbocycles. The van der Waals surface area contributed by atoms with E-state index in [0.29, 0.717) is 27.6 Å². The molecule has 3 aromatic rings. The lowest BCUT2D eigenvalue weighted by Crippen LogP contribution is -2.45. The van der Waals surface area contributed by atoms with Crippen molar-refractivity contribution >= 4 is 54.6 Å². The first-order valence-electron chi connectivity index (χ1n) is 10.5. The molecule has 0 aliphatic heterocycles. The van der Waals surface area contributed by atoms with Crippen molar-refractivity contribution in [1.29, 1.82) is 0 Å². The molecular weight excluding hydrogens is 510 g/mol. The number of hydrogen-bond donors (Lipinski definition) is 2. The lowest BCUT2D eigenvalue weighted by molar-refractivity contribution is -0.116. The summed E-state index contributed by atoms with van der Waals surface area (Å²) in [6, 6.07) is 16.2. The fourth-order valence-electron chi connectivity index (χ4n) is 3.37. The van der Waals surface area contributed by atoms with Gasteiger partial charge in [0.1, 0.15) is 6.04 Å². The van der Waals surface area contributed by atoms with Crippen LogP contribution in [0.2, 0.25) is 5.02 Å². The van der Waals surface area contributed by atoms with Gasteiger partial charge < -0.3 is 5.32 Å². The molecule has 0 radical (unpaired) electrons. The number of nitrogens with zero attached hydrogens (tertiary/aromatic N) is 1. The lowest BCUT2D eigenvalue weighted by atomic mass is 10.2. The second-order valence-electron chi connectivity index (χ2n) is 8.15. The third-order valence-corrected chi connectivity index (χ3v) is 8.11. The van der Waals surface area contributed by atoms with Crippen molar-refractivity contribution in [1.82, 2.24) is 0 Å². The number of carbonyl (C=O) groups excluding carboxylic acids is 1. The minimum Gasteiger partial charge on any atom is -0.324 e. The topological polar surface area (TPSA) is 113 Å². The van der Waals surface area contributed by atoms with Crippen molar-refractivity contribution in [3.8, 4) is 0 Å². The van der Waals surface area contributed by atoms with Gasteiger partial charge in [-0.2, -0.15) is 0 Å². The van der Waals surface area contributed by atoms with Crippen LogP contribution >= 0.6 is 11.6 Å². The normalized spacial score (nSPS) is 12.6. The summed E-state index contributed by atoms with van der Waals surface area (Å²) in [5, 5.41) is 3.04. The molecule has 2 N–H and O–H groups in total. The summed E-state index contributed by atoms with van der Waals surface area (Å²) < 4.78 is 53.9. The van der Waals surface area contributed by atoms with Gasteiger partial charge in [0.05, 0.1) is 22.5 Å². The summed E-state index contributed by atoms with van der Waals surface area (Å²) in [4.78, 5) is 12.9. The van der Waals surface area contributed by atoms with E-state index < -0.39 is 32.0 Å². The van der Waals surface area contributed by atoms with E-state index in [9.17, 15) is 21.6 Å². The van der Waals surface area contributed by atoms with E-state index in [1.807, 2.05) is 6.92 Å². The summed E-state index contributed by atoms with van der Waals surface area (Å²) >= 11 is 5.97. The Balaban J connectivity index is 1.77. The first-order chi connectivity index (χ1) is 16.3. The number of benzene rings is 3. The molecule has 186 valence electrons.